The fraction of sp³-hybridized carbons (Fsp3) is 0.300. The summed E-state index contributed by atoms with van der Waals surface area (Å²) in [5.74, 6) is -0.106. The molecule has 136 valence electrons. The summed E-state index contributed by atoms with van der Waals surface area (Å²) in [4.78, 5) is 17.3. The lowest BCUT2D eigenvalue weighted by Gasteiger charge is -2.11. The van der Waals surface area contributed by atoms with Gasteiger partial charge in [-0.2, -0.15) is 0 Å². The number of imidazole rings is 1. The highest BCUT2D eigenvalue weighted by Crippen LogP contribution is 2.22. The van der Waals surface area contributed by atoms with Gasteiger partial charge in [0.15, 0.2) is 5.78 Å². The number of aryl methyl sites for hydroxylation is 2. The molecule has 0 atom stereocenters. The van der Waals surface area contributed by atoms with Crippen molar-refractivity contribution in [3.63, 3.8) is 0 Å². The normalized spacial score (nSPS) is 11.8. The predicted octanol–water partition coefficient (Wildman–Crippen LogP) is 3.45. The molecule has 0 bridgehead atoms. The first-order chi connectivity index (χ1) is 12.3. The van der Waals surface area contributed by atoms with Crippen LogP contribution in [-0.4, -0.2) is 30.0 Å². The third kappa shape index (κ3) is 3.42. The van der Waals surface area contributed by atoms with Gasteiger partial charge in [-0.25, -0.2) is 13.4 Å². The number of rotatable bonds is 6. The van der Waals surface area contributed by atoms with Gasteiger partial charge in [-0.15, -0.1) is 0 Å². The number of sulfone groups is 1. The van der Waals surface area contributed by atoms with Crippen molar-refractivity contribution in [1.29, 1.82) is 0 Å². The van der Waals surface area contributed by atoms with Crippen LogP contribution in [0.25, 0.3) is 11.0 Å². The predicted molar refractivity (Wildman–Crippen MR) is 102 cm³/mol. The molecule has 26 heavy (non-hydrogen) atoms. The van der Waals surface area contributed by atoms with Crippen molar-refractivity contribution >= 4 is 26.7 Å². The third-order valence-corrected chi connectivity index (χ3v) is 5.49. The van der Waals surface area contributed by atoms with Crippen molar-refractivity contribution in [2.45, 2.75) is 38.4 Å². The number of benzene rings is 2. The van der Waals surface area contributed by atoms with E-state index in [0.29, 0.717) is 16.6 Å². The Morgan fingerprint density at radius 3 is 2.46 bits per heavy atom. The van der Waals surface area contributed by atoms with Gasteiger partial charge in [0, 0.05) is 11.8 Å². The summed E-state index contributed by atoms with van der Waals surface area (Å²) in [6.45, 7) is 4.00. The van der Waals surface area contributed by atoms with Gasteiger partial charge in [-0.05, 0) is 42.2 Å². The highest BCUT2D eigenvalue weighted by molar-refractivity contribution is 7.90. The number of carbonyl (C=O) groups is 1. The zero-order valence-electron chi connectivity index (χ0n) is 15.2. The van der Waals surface area contributed by atoms with Gasteiger partial charge in [0.25, 0.3) is 0 Å². The van der Waals surface area contributed by atoms with Crippen molar-refractivity contribution in [2.75, 3.05) is 6.26 Å². The maximum atomic E-state index is 13.0. The largest absolute Gasteiger partial charge is 0.307 e. The average Bonchev–Trinajstić information content (AvgIpc) is 3.00. The fourth-order valence-electron chi connectivity index (χ4n) is 3.13. The number of carbonyl (C=O) groups excluding carboxylic acids is 1. The Morgan fingerprint density at radius 1 is 1.08 bits per heavy atom. The molecule has 2 aromatic carbocycles. The highest BCUT2D eigenvalue weighted by Gasteiger charge is 2.22. The van der Waals surface area contributed by atoms with Crippen LogP contribution in [0.1, 0.15) is 35.3 Å². The first kappa shape index (κ1) is 18.3. The molecule has 3 rings (SSSR count). The Hall–Kier alpha value is -2.47. The molecule has 0 spiro atoms. The topological polar surface area (TPSA) is 69.0 Å². The molecule has 1 aromatic heterocycles. The van der Waals surface area contributed by atoms with Gasteiger partial charge >= 0.3 is 0 Å². The van der Waals surface area contributed by atoms with Gasteiger partial charge in [-0.3, -0.25) is 4.79 Å². The van der Waals surface area contributed by atoms with E-state index < -0.39 is 9.84 Å². The molecule has 0 saturated carbocycles. The van der Waals surface area contributed by atoms with Crippen LogP contribution in [0.3, 0.4) is 0 Å². The molecule has 0 aliphatic heterocycles. The van der Waals surface area contributed by atoms with E-state index in [-0.39, 0.29) is 17.5 Å². The van der Waals surface area contributed by atoms with E-state index in [1.165, 1.54) is 4.57 Å². The SMILES string of the molecule is CCc1ccc(CC)c(C(=O)Cn2c(S(C)(=O)=O)nc3ccccc32)c1. The van der Waals surface area contributed by atoms with Crippen LogP contribution in [0.5, 0.6) is 0 Å². The maximum Gasteiger partial charge on any atom is 0.228 e. The lowest BCUT2D eigenvalue weighted by Crippen LogP contribution is -2.17. The van der Waals surface area contributed by atoms with E-state index in [1.54, 1.807) is 18.2 Å². The molecule has 0 aliphatic carbocycles. The molecule has 0 radical (unpaired) electrons. The highest BCUT2D eigenvalue weighted by atomic mass is 32.2. The molecule has 0 amide bonds. The first-order valence-electron chi connectivity index (χ1n) is 8.65. The summed E-state index contributed by atoms with van der Waals surface area (Å²) in [7, 11) is -3.55. The number of nitrogens with zero attached hydrogens (tertiary/aromatic N) is 2. The summed E-state index contributed by atoms with van der Waals surface area (Å²) in [5.41, 5.74) is 3.93. The molecular weight excluding hydrogens is 348 g/mol. The van der Waals surface area contributed by atoms with Crippen molar-refractivity contribution < 1.29 is 13.2 Å². The number of hydrogen-bond donors (Lipinski definition) is 0. The van der Waals surface area contributed by atoms with Gasteiger partial charge < -0.3 is 4.57 Å². The van der Waals surface area contributed by atoms with Gasteiger partial charge in [-0.1, -0.05) is 38.1 Å². The standard InChI is InChI=1S/C20H22N2O3S/c1-4-14-10-11-15(5-2)16(12-14)19(23)13-22-18-9-7-6-8-17(18)21-20(22)26(3,24)25/h6-12H,4-5,13H2,1-3H3. The molecule has 3 aromatic rings. The summed E-state index contributed by atoms with van der Waals surface area (Å²) >= 11 is 0. The Balaban J connectivity index is 2.11. The van der Waals surface area contributed by atoms with Gasteiger partial charge in [0.05, 0.1) is 17.6 Å². The van der Waals surface area contributed by atoms with Crippen LogP contribution in [-0.2, 0) is 29.2 Å². The summed E-state index contributed by atoms with van der Waals surface area (Å²) in [6, 6.07) is 13.1. The average molecular weight is 370 g/mol. The number of para-hydroxylation sites is 2. The second kappa shape index (κ2) is 7.03. The van der Waals surface area contributed by atoms with Crippen LogP contribution in [0.2, 0.25) is 0 Å². The third-order valence-electron chi connectivity index (χ3n) is 4.52. The molecule has 0 N–H and O–H groups in total. The van der Waals surface area contributed by atoms with Crippen molar-refractivity contribution in [3.8, 4) is 0 Å². The maximum absolute atomic E-state index is 13.0. The Bertz CT molecular complexity index is 1080. The van der Waals surface area contributed by atoms with E-state index in [2.05, 4.69) is 4.98 Å². The molecule has 1 heterocycles. The second-order valence-electron chi connectivity index (χ2n) is 6.36. The Kier molecular flexibility index (Phi) is 4.96. The second-order valence-corrected chi connectivity index (χ2v) is 8.27. The number of hydrogen-bond acceptors (Lipinski definition) is 4. The summed E-state index contributed by atoms with van der Waals surface area (Å²) in [5, 5.41) is -0.0725. The number of Topliss-reactive ketones (excluding diaryl/α,β-unsaturated/α-hetero) is 1. The molecule has 6 heteroatoms. The lowest BCUT2D eigenvalue weighted by molar-refractivity contribution is 0.0969. The molecule has 0 unspecified atom stereocenters. The van der Waals surface area contributed by atoms with Crippen molar-refractivity contribution in [1.82, 2.24) is 9.55 Å². The Morgan fingerprint density at radius 2 is 1.81 bits per heavy atom. The van der Waals surface area contributed by atoms with Gasteiger partial charge in [0.1, 0.15) is 0 Å². The zero-order chi connectivity index (χ0) is 18.9. The van der Waals surface area contributed by atoms with E-state index in [1.807, 2.05) is 38.1 Å². The molecular formula is C20H22N2O3S. The molecule has 0 fully saturated rings. The number of aromatic nitrogens is 2. The van der Waals surface area contributed by atoms with Crippen LogP contribution in [0.15, 0.2) is 47.6 Å². The summed E-state index contributed by atoms with van der Waals surface area (Å²) in [6.07, 6.45) is 2.70. The minimum absolute atomic E-state index is 0.0525. The van der Waals surface area contributed by atoms with E-state index in [9.17, 15) is 13.2 Å². The smallest absolute Gasteiger partial charge is 0.228 e. The zero-order valence-corrected chi connectivity index (χ0v) is 16.0. The van der Waals surface area contributed by atoms with Crippen LogP contribution in [0.4, 0.5) is 0 Å². The summed E-state index contributed by atoms with van der Waals surface area (Å²) < 4.78 is 25.8. The van der Waals surface area contributed by atoms with Crippen molar-refractivity contribution in [2.24, 2.45) is 0 Å². The van der Waals surface area contributed by atoms with E-state index in [4.69, 9.17) is 0 Å². The quantitative estimate of drug-likeness (QED) is 0.623. The fourth-order valence-corrected chi connectivity index (χ4v) is 3.96. The lowest BCUT2D eigenvalue weighted by atomic mass is 9.97. The first-order valence-corrected chi connectivity index (χ1v) is 10.5. The molecule has 0 aliphatic rings. The molecule has 0 saturated heterocycles. The minimum atomic E-state index is -3.55. The van der Waals surface area contributed by atoms with E-state index in [0.717, 1.165) is 30.2 Å². The van der Waals surface area contributed by atoms with Crippen LogP contribution < -0.4 is 0 Å². The number of ketones is 1. The van der Waals surface area contributed by atoms with Crippen LogP contribution >= 0.6 is 0 Å². The van der Waals surface area contributed by atoms with Crippen LogP contribution in [0, 0.1) is 0 Å². The van der Waals surface area contributed by atoms with Gasteiger partial charge in [0.2, 0.25) is 15.0 Å². The molecule has 5 nitrogen and oxygen atoms in total. The number of fused-ring (bicyclic) bond motifs is 1. The Labute approximate surface area is 153 Å². The minimum Gasteiger partial charge on any atom is -0.307 e. The van der Waals surface area contributed by atoms with Crippen molar-refractivity contribution in [3.05, 3.63) is 59.2 Å². The van der Waals surface area contributed by atoms with E-state index >= 15 is 0 Å². The monoisotopic (exact) mass is 370 g/mol.